The number of halogens is 2. The molecule has 2 heterocycles. The minimum atomic E-state index is -4.38. The largest absolute Gasteiger partial charge is 0.480 e. The van der Waals surface area contributed by atoms with E-state index in [4.69, 9.17) is 16.2 Å². The molecule has 0 radical (unpaired) electrons. The zero-order valence-electron chi connectivity index (χ0n) is 19.4. The van der Waals surface area contributed by atoms with Gasteiger partial charge in [0.1, 0.15) is 11.6 Å². The van der Waals surface area contributed by atoms with Gasteiger partial charge in [-0.25, -0.2) is 22.2 Å². The van der Waals surface area contributed by atoms with Gasteiger partial charge in [0.2, 0.25) is 5.88 Å². The molecule has 0 unspecified atom stereocenters. The fourth-order valence-corrected chi connectivity index (χ4v) is 4.96. The lowest BCUT2D eigenvalue weighted by Crippen LogP contribution is -2.16. The Morgan fingerprint density at radius 1 is 1.14 bits per heavy atom. The monoisotopic (exact) mass is 511 g/mol. The van der Waals surface area contributed by atoms with E-state index in [1.165, 1.54) is 13.2 Å². The number of anilines is 2. The predicted molar refractivity (Wildman–Crippen MR) is 136 cm³/mol. The van der Waals surface area contributed by atoms with Crippen molar-refractivity contribution in [3.05, 3.63) is 78.0 Å². The summed E-state index contributed by atoms with van der Waals surface area (Å²) in [5, 5.41) is 0.836. The van der Waals surface area contributed by atoms with Crippen molar-refractivity contribution < 1.29 is 21.9 Å². The van der Waals surface area contributed by atoms with Crippen LogP contribution in [0.4, 0.5) is 20.2 Å². The van der Waals surface area contributed by atoms with E-state index in [-0.39, 0.29) is 17.3 Å². The number of allylic oxidation sites excluding steroid dienone is 1. The van der Waals surface area contributed by atoms with Crippen LogP contribution >= 0.6 is 0 Å². The molecule has 2 aromatic carbocycles. The van der Waals surface area contributed by atoms with Gasteiger partial charge in [0.05, 0.1) is 29.7 Å². The van der Waals surface area contributed by atoms with Crippen molar-refractivity contribution in [1.82, 2.24) is 9.97 Å². The lowest BCUT2D eigenvalue weighted by Gasteiger charge is -2.15. The molecule has 2 aromatic heterocycles. The number of benzene rings is 2. The molecular formula is C25H23F2N5O3S. The van der Waals surface area contributed by atoms with E-state index in [0.717, 1.165) is 34.2 Å². The second kappa shape index (κ2) is 9.88. The maximum absolute atomic E-state index is 14.1. The Labute approximate surface area is 206 Å². The Balaban J connectivity index is 1.81. The molecule has 4 rings (SSSR count). The summed E-state index contributed by atoms with van der Waals surface area (Å²) in [7, 11) is -3.13. The number of aromatic nitrogens is 2. The first kappa shape index (κ1) is 25.0. The molecule has 0 aliphatic rings. The van der Waals surface area contributed by atoms with Crippen LogP contribution in [0.5, 0.6) is 5.88 Å². The molecule has 0 saturated heterocycles. The van der Waals surface area contributed by atoms with E-state index in [1.807, 2.05) is 25.1 Å². The van der Waals surface area contributed by atoms with E-state index in [9.17, 15) is 17.2 Å². The number of methoxy groups -OCH3 is 1. The van der Waals surface area contributed by atoms with Gasteiger partial charge in [0, 0.05) is 29.8 Å². The van der Waals surface area contributed by atoms with E-state index < -0.39 is 32.2 Å². The summed E-state index contributed by atoms with van der Waals surface area (Å²) < 4.78 is 60.6. The Morgan fingerprint density at radius 2 is 1.92 bits per heavy atom. The summed E-state index contributed by atoms with van der Waals surface area (Å²) >= 11 is 0. The second-order valence-corrected chi connectivity index (χ2v) is 9.53. The van der Waals surface area contributed by atoms with Crippen molar-refractivity contribution in [3.8, 4) is 17.1 Å². The number of rotatable bonds is 7. The van der Waals surface area contributed by atoms with Gasteiger partial charge in [0.25, 0.3) is 10.0 Å². The number of nitrogens with one attached hydrogen (secondary N) is 1. The Kier molecular flexibility index (Phi) is 6.86. The van der Waals surface area contributed by atoms with E-state index in [2.05, 4.69) is 14.7 Å². The van der Waals surface area contributed by atoms with Gasteiger partial charge in [-0.3, -0.25) is 9.71 Å². The van der Waals surface area contributed by atoms with Crippen molar-refractivity contribution >= 4 is 37.9 Å². The maximum atomic E-state index is 14.1. The number of sulfonamides is 1. The third kappa shape index (κ3) is 4.83. The molecule has 0 saturated carbocycles. The number of nitrogen functional groups attached to an aromatic ring is 1. The molecule has 0 aliphatic carbocycles. The van der Waals surface area contributed by atoms with Crippen molar-refractivity contribution in [1.29, 1.82) is 0 Å². The second-order valence-electron chi connectivity index (χ2n) is 7.88. The Hall–Kier alpha value is -4.09. The fraction of sp³-hybridized carbons (Fsp3) is 0.120. The highest BCUT2D eigenvalue weighted by Crippen LogP contribution is 2.35. The van der Waals surface area contributed by atoms with Crippen LogP contribution < -0.4 is 20.9 Å². The molecule has 0 spiro atoms. The standard InChI is InChI=1S/C25H23F2N5O3S/c1-14(7-9-28)17-8-10-30-21-5-3-15(11-18(17)21)24-20(29)13-23(25(31-24)35-2)36(33,34)32-22-6-4-16(26)12-19(22)27/h3-8,10-13,32H,9,28-29H2,1-2H3/b14-7+. The molecule has 8 nitrogen and oxygen atoms in total. The molecule has 0 amide bonds. The number of pyridine rings is 2. The van der Waals surface area contributed by atoms with Crippen LogP contribution in [0.3, 0.4) is 0 Å². The lowest BCUT2D eigenvalue weighted by molar-refractivity contribution is 0.386. The highest BCUT2D eigenvalue weighted by molar-refractivity contribution is 7.92. The average Bonchev–Trinajstić information content (AvgIpc) is 2.85. The van der Waals surface area contributed by atoms with Gasteiger partial charge in [-0.15, -0.1) is 0 Å². The van der Waals surface area contributed by atoms with Crippen LogP contribution in [0, 0.1) is 11.6 Å². The fourth-order valence-electron chi connectivity index (χ4n) is 3.76. The zero-order valence-corrected chi connectivity index (χ0v) is 20.2. The first-order valence-electron chi connectivity index (χ1n) is 10.7. The van der Waals surface area contributed by atoms with Gasteiger partial charge in [-0.1, -0.05) is 12.1 Å². The summed E-state index contributed by atoms with van der Waals surface area (Å²) in [4.78, 5) is 8.34. The van der Waals surface area contributed by atoms with E-state index >= 15 is 0 Å². The summed E-state index contributed by atoms with van der Waals surface area (Å²) in [5.74, 6) is -2.17. The van der Waals surface area contributed by atoms with Gasteiger partial charge in [-0.05, 0) is 54.5 Å². The molecule has 11 heteroatoms. The van der Waals surface area contributed by atoms with Crippen molar-refractivity contribution in [2.24, 2.45) is 5.73 Å². The molecule has 36 heavy (non-hydrogen) atoms. The van der Waals surface area contributed by atoms with Crippen LogP contribution in [-0.2, 0) is 10.0 Å². The first-order valence-corrected chi connectivity index (χ1v) is 12.2. The normalized spacial score (nSPS) is 12.1. The van der Waals surface area contributed by atoms with E-state index in [1.54, 1.807) is 18.3 Å². The van der Waals surface area contributed by atoms with Crippen molar-refractivity contribution in [3.63, 3.8) is 0 Å². The van der Waals surface area contributed by atoms with Gasteiger partial charge in [-0.2, -0.15) is 0 Å². The van der Waals surface area contributed by atoms with Crippen molar-refractivity contribution in [2.75, 3.05) is 24.1 Å². The van der Waals surface area contributed by atoms with Crippen LogP contribution in [-0.4, -0.2) is 32.0 Å². The van der Waals surface area contributed by atoms with Crippen LogP contribution in [0.1, 0.15) is 12.5 Å². The van der Waals surface area contributed by atoms with E-state index in [0.29, 0.717) is 18.2 Å². The lowest BCUT2D eigenvalue weighted by atomic mass is 9.99. The summed E-state index contributed by atoms with van der Waals surface area (Å²) in [6, 6.07) is 10.9. The Bertz CT molecular complexity index is 1610. The van der Waals surface area contributed by atoms with Gasteiger partial charge in [0.15, 0.2) is 4.90 Å². The van der Waals surface area contributed by atoms with Crippen LogP contribution in [0.15, 0.2) is 65.7 Å². The number of nitrogens with two attached hydrogens (primary N) is 2. The highest BCUT2D eigenvalue weighted by Gasteiger charge is 2.25. The minimum absolute atomic E-state index is 0.0507. The van der Waals surface area contributed by atoms with Crippen LogP contribution in [0.2, 0.25) is 0 Å². The quantitative estimate of drug-likeness (QED) is 0.336. The summed E-state index contributed by atoms with van der Waals surface area (Å²) in [5.41, 5.74) is 15.1. The third-order valence-corrected chi connectivity index (χ3v) is 6.87. The van der Waals surface area contributed by atoms with Crippen molar-refractivity contribution in [2.45, 2.75) is 11.8 Å². The first-order chi connectivity index (χ1) is 17.1. The number of nitrogens with zero attached hydrogens (tertiary/aromatic N) is 2. The molecular weight excluding hydrogens is 488 g/mol. The molecule has 5 N–H and O–H groups in total. The topological polar surface area (TPSA) is 133 Å². The van der Waals surface area contributed by atoms with Gasteiger partial charge >= 0.3 is 0 Å². The molecule has 186 valence electrons. The number of ether oxygens (including phenoxy) is 1. The molecule has 0 atom stereocenters. The maximum Gasteiger partial charge on any atom is 0.267 e. The minimum Gasteiger partial charge on any atom is -0.480 e. The molecule has 0 bridgehead atoms. The summed E-state index contributed by atoms with van der Waals surface area (Å²) in [6.45, 7) is 2.33. The molecule has 0 aliphatic heterocycles. The average molecular weight is 512 g/mol. The molecule has 4 aromatic rings. The smallest absolute Gasteiger partial charge is 0.267 e. The zero-order chi connectivity index (χ0) is 26.0. The summed E-state index contributed by atoms with van der Waals surface area (Å²) in [6.07, 6.45) is 3.60. The highest BCUT2D eigenvalue weighted by atomic mass is 32.2. The number of hydrogen-bond donors (Lipinski definition) is 3. The van der Waals surface area contributed by atoms with Crippen LogP contribution in [0.25, 0.3) is 27.7 Å². The third-order valence-electron chi connectivity index (χ3n) is 5.51. The molecule has 0 fully saturated rings. The SMILES string of the molecule is COc1nc(-c2ccc3nccc(/C(C)=C/CN)c3c2)c(N)cc1S(=O)(=O)Nc1ccc(F)cc1F. The predicted octanol–water partition coefficient (Wildman–Crippen LogP) is 4.33. The number of fused-ring (bicyclic) bond motifs is 1. The number of hydrogen-bond acceptors (Lipinski definition) is 7. The van der Waals surface area contributed by atoms with Gasteiger partial charge < -0.3 is 16.2 Å². The Morgan fingerprint density at radius 3 is 2.61 bits per heavy atom.